The molecule has 0 fully saturated rings. The number of hydrogen-bond acceptors (Lipinski definition) is 3. The Morgan fingerprint density at radius 3 is 2.57 bits per heavy atom. The van der Waals surface area contributed by atoms with E-state index in [0.29, 0.717) is 17.7 Å². The highest BCUT2D eigenvalue weighted by Crippen LogP contribution is 2.25. The van der Waals surface area contributed by atoms with Gasteiger partial charge in [-0.25, -0.2) is 9.37 Å². The van der Waals surface area contributed by atoms with Crippen molar-refractivity contribution in [3.63, 3.8) is 0 Å². The molecule has 21 heavy (non-hydrogen) atoms. The van der Waals surface area contributed by atoms with Crippen LogP contribution in [0.3, 0.4) is 0 Å². The third-order valence-electron chi connectivity index (χ3n) is 3.22. The summed E-state index contributed by atoms with van der Waals surface area (Å²) in [6.07, 6.45) is 0. The molecule has 2 rings (SSSR count). The van der Waals surface area contributed by atoms with Crippen molar-refractivity contribution < 1.29 is 9.13 Å². The summed E-state index contributed by atoms with van der Waals surface area (Å²) in [6, 6.07) is 8.73. The summed E-state index contributed by atoms with van der Waals surface area (Å²) < 4.78 is 18.8. The van der Waals surface area contributed by atoms with E-state index >= 15 is 0 Å². The number of nitrogens with zero attached hydrogens (tertiary/aromatic N) is 1. The molecule has 0 radical (unpaired) electrons. The van der Waals surface area contributed by atoms with Crippen LogP contribution in [0.4, 0.5) is 4.39 Å². The Bertz CT molecular complexity index is 626. The highest BCUT2D eigenvalue weighted by atomic mass is 19.1. The Morgan fingerprint density at radius 2 is 1.95 bits per heavy atom. The number of halogens is 1. The molecule has 0 atom stereocenters. The Kier molecular flexibility index (Phi) is 4.91. The number of aryl methyl sites for hydroxylation is 2. The molecule has 0 saturated heterocycles. The third-order valence-corrected chi connectivity index (χ3v) is 3.22. The first kappa shape index (κ1) is 15.4. The smallest absolute Gasteiger partial charge is 0.219 e. The van der Waals surface area contributed by atoms with Crippen molar-refractivity contribution in [2.45, 2.75) is 40.3 Å². The van der Waals surface area contributed by atoms with Gasteiger partial charge in [-0.1, -0.05) is 19.9 Å². The second kappa shape index (κ2) is 6.68. The van der Waals surface area contributed by atoms with Gasteiger partial charge in [0.1, 0.15) is 11.6 Å². The van der Waals surface area contributed by atoms with E-state index < -0.39 is 0 Å². The zero-order chi connectivity index (χ0) is 15.4. The van der Waals surface area contributed by atoms with Crippen LogP contribution in [0.25, 0.3) is 0 Å². The van der Waals surface area contributed by atoms with Crippen molar-refractivity contribution in [1.29, 1.82) is 0 Å². The number of pyridine rings is 1. The van der Waals surface area contributed by atoms with E-state index in [1.54, 1.807) is 6.07 Å². The Hall–Kier alpha value is -1.94. The molecular formula is C17H21FN2O. The zero-order valence-corrected chi connectivity index (χ0v) is 12.9. The number of aromatic nitrogens is 1. The molecule has 0 amide bonds. The fourth-order valence-corrected chi connectivity index (χ4v) is 1.96. The molecule has 112 valence electrons. The van der Waals surface area contributed by atoms with Gasteiger partial charge in [-0.2, -0.15) is 0 Å². The van der Waals surface area contributed by atoms with E-state index in [1.165, 1.54) is 12.1 Å². The molecule has 4 heteroatoms. The van der Waals surface area contributed by atoms with Gasteiger partial charge in [0, 0.05) is 24.3 Å². The molecule has 0 unspecified atom stereocenters. The standard InChI is InChI=1S/C17H21FN2O/c1-11(2)19-10-14-5-8-17(20-13(14)4)21-16-7-6-15(18)9-12(16)3/h5-9,11,19H,10H2,1-4H3. The summed E-state index contributed by atoms with van der Waals surface area (Å²) in [6.45, 7) is 8.77. The van der Waals surface area contributed by atoms with Gasteiger partial charge in [0.25, 0.3) is 0 Å². The Morgan fingerprint density at radius 1 is 1.19 bits per heavy atom. The van der Waals surface area contributed by atoms with Gasteiger partial charge >= 0.3 is 0 Å². The lowest BCUT2D eigenvalue weighted by atomic mass is 10.2. The van der Waals surface area contributed by atoms with Crippen LogP contribution in [0.1, 0.15) is 30.7 Å². The minimum atomic E-state index is -0.265. The largest absolute Gasteiger partial charge is 0.439 e. The van der Waals surface area contributed by atoms with Crippen LogP contribution in [-0.2, 0) is 6.54 Å². The SMILES string of the molecule is Cc1cc(F)ccc1Oc1ccc(CNC(C)C)c(C)n1. The van der Waals surface area contributed by atoms with Crippen molar-refractivity contribution in [2.75, 3.05) is 0 Å². The number of ether oxygens (including phenoxy) is 1. The normalized spacial score (nSPS) is 11.0. The lowest BCUT2D eigenvalue weighted by molar-refractivity contribution is 0.455. The first-order chi connectivity index (χ1) is 9.95. The predicted molar refractivity (Wildman–Crippen MR) is 82.2 cm³/mol. The van der Waals surface area contributed by atoms with Crippen LogP contribution in [0.15, 0.2) is 30.3 Å². The molecule has 0 aliphatic rings. The summed E-state index contributed by atoms with van der Waals surface area (Å²) >= 11 is 0. The molecule has 1 N–H and O–H groups in total. The monoisotopic (exact) mass is 288 g/mol. The fraction of sp³-hybridized carbons (Fsp3) is 0.353. The molecule has 0 aliphatic heterocycles. The Balaban J connectivity index is 2.12. The maximum Gasteiger partial charge on any atom is 0.219 e. The minimum Gasteiger partial charge on any atom is -0.439 e. The lowest BCUT2D eigenvalue weighted by Crippen LogP contribution is -2.22. The van der Waals surface area contributed by atoms with Gasteiger partial charge in [0.15, 0.2) is 0 Å². The van der Waals surface area contributed by atoms with E-state index in [2.05, 4.69) is 24.1 Å². The van der Waals surface area contributed by atoms with Crippen molar-refractivity contribution >= 4 is 0 Å². The summed E-state index contributed by atoms with van der Waals surface area (Å²) in [5, 5.41) is 3.36. The van der Waals surface area contributed by atoms with Gasteiger partial charge in [0.2, 0.25) is 5.88 Å². The molecule has 0 bridgehead atoms. The predicted octanol–water partition coefficient (Wildman–Crippen LogP) is 4.13. The molecule has 1 heterocycles. The lowest BCUT2D eigenvalue weighted by Gasteiger charge is -2.12. The van der Waals surface area contributed by atoms with Gasteiger partial charge < -0.3 is 10.1 Å². The maximum absolute atomic E-state index is 13.1. The molecule has 0 saturated carbocycles. The maximum atomic E-state index is 13.1. The second-order valence-corrected chi connectivity index (χ2v) is 5.44. The molecule has 0 spiro atoms. The number of benzene rings is 1. The van der Waals surface area contributed by atoms with Crippen LogP contribution in [0, 0.1) is 19.7 Å². The summed E-state index contributed by atoms with van der Waals surface area (Å²) in [5.74, 6) is 0.881. The Labute approximate surface area is 125 Å². The van der Waals surface area contributed by atoms with Crippen LogP contribution < -0.4 is 10.1 Å². The van der Waals surface area contributed by atoms with Gasteiger partial charge in [-0.05, 0) is 43.2 Å². The van der Waals surface area contributed by atoms with Crippen molar-refractivity contribution in [1.82, 2.24) is 10.3 Å². The van der Waals surface area contributed by atoms with Crippen LogP contribution in [0.5, 0.6) is 11.6 Å². The summed E-state index contributed by atoms with van der Waals surface area (Å²) in [4.78, 5) is 4.45. The van der Waals surface area contributed by atoms with E-state index in [-0.39, 0.29) is 5.82 Å². The van der Waals surface area contributed by atoms with Gasteiger partial charge in [-0.3, -0.25) is 0 Å². The average Bonchev–Trinajstić information content (AvgIpc) is 2.41. The second-order valence-electron chi connectivity index (χ2n) is 5.44. The minimum absolute atomic E-state index is 0.265. The van der Waals surface area contributed by atoms with E-state index in [1.807, 2.05) is 26.0 Å². The summed E-state index contributed by atoms with van der Waals surface area (Å²) in [7, 11) is 0. The van der Waals surface area contributed by atoms with E-state index in [0.717, 1.165) is 23.4 Å². The third kappa shape index (κ3) is 4.26. The highest BCUT2D eigenvalue weighted by Gasteiger charge is 2.07. The first-order valence-electron chi connectivity index (χ1n) is 7.09. The van der Waals surface area contributed by atoms with Crippen LogP contribution >= 0.6 is 0 Å². The molecule has 2 aromatic rings. The highest BCUT2D eigenvalue weighted by molar-refractivity contribution is 5.36. The van der Waals surface area contributed by atoms with Gasteiger partial charge in [-0.15, -0.1) is 0 Å². The molecule has 1 aromatic carbocycles. The number of nitrogens with one attached hydrogen (secondary N) is 1. The number of rotatable bonds is 5. The first-order valence-corrected chi connectivity index (χ1v) is 7.09. The topological polar surface area (TPSA) is 34.1 Å². The zero-order valence-electron chi connectivity index (χ0n) is 12.9. The van der Waals surface area contributed by atoms with E-state index in [9.17, 15) is 4.39 Å². The van der Waals surface area contributed by atoms with Gasteiger partial charge in [0.05, 0.1) is 0 Å². The average molecular weight is 288 g/mol. The van der Waals surface area contributed by atoms with Crippen molar-refractivity contribution in [2.24, 2.45) is 0 Å². The molecular weight excluding hydrogens is 267 g/mol. The van der Waals surface area contributed by atoms with Crippen molar-refractivity contribution in [3.05, 3.63) is 53.0 Å². The molecule has 1 aromatic heterocycles. The molecule has 0 aliphatic carbocycles. The molecule has 3 nitrogen and oxygen atoms in total. The fourth-order valence-electron chi connectivity index (χ4n) is 1.96. The van der Waals surface area contributed by atoms with Crippen molar-refractivity contribution in [3.8, 4) is 11.6 Å². The summed E-state index contributed by atoms with van der Waals surface area (Å²) in [5.41, 5.74) is 2.83. The van der Waals surface area contributed by atoms with Crippen LogP contribution in [0.2, 0.25) is 0 Å². The number of hydrogen-bond donors (Lipinski definition) is 1. The van der Waals surface area contributed by atoms with Crippen LogP contribution in [-0.4, -0.2) is 11.0 Å². The quantitative estimate of drug-likeness (QED) is 0.898. The van der Waals surface area contributed by atoms with E-state index in [4.69, 9.17) is 4.74 Å².